The fourth-order valence-corrected chi connectivity index (χ4v) is 3.89. The number of fused-ring (bicyclic) bond motifs is 4. The number of pyridine rings is 2. The highest BCUT2D eigenvalue weighted by Gasteiger charge is 2.48. The molecule has 1 atom stereocenters. The van der Waals surface area contributed by atoms with Gasteiger partial charge in [-0.05, 0) is 43.7 Å². The third-order valence-electron chi connectivity index (χ3n) is 5.86. The van der Waals surface area contributed by atoms with Crippen molar-refractivity contribution in [2.24, 2.45) is 10.7 Å². The van der Waals surface area contributed by atoms with Crippen LogP contribution in [0, 0.1) is 0 Å². The summed E-state index contributed by atoms with van der Waals surface area (Å²) in [5.74, 6) is 1.18. The van der Waals surface area contributed by atoms with E-state index in [9.17, 15) is 0 Å². The summed E-state index contributed by atoms with van der Waals surface area (Å²) in [7, 11) is 1.68. The first-order valence-electron chi connectivity index (χ1n) is 9.70. The van der Waals surface area contributed by atoms with Gasteiger partial charge in [0, 0.05) is 42.4 Å². The maximum Gasteiger partial charge on any atom is 0.283 e. The lowest BCUT2D eigenvalue weighted by Crippen LogP contribution is -2.32. The van der Waals surface area contributed by atoms with Crippen LogP contribution in [0.1, 0.15) is 30.5 Å². The van der Waals surface area contributed by atoms with Crippen LogP contribution in [-0.2, 0) is 20.6 Å². The van der Waals surface area contributed by atoms with E-state index in [2.05, 4.69) is 16.0 Å². The minimum Gasteiger partial charge on any atom is -0.462 e. The summed E-state index contributed by atoms with van der Waals surface area (Å²) in [5, 5.41) is 0. The van der Waals surface area contributed by atoms with Gasteiger partial charge in [0.2, 0.25) is 5.88 Å². The summed E-state index contributed by atoms with van der Waals surface area (Å²) in [6, 6.07) is 12.1. The van der Waals surface area contributed by atoms with Gasteiger partial charge in [-0.25, -0.2) is 9.98 Å². The summed E-state index contributed by atoms with van der Waals surface area (Å²) < 4.78 is 17.5. The molecular formula is C23H22N4O3. The van der Waals surface area contributed by atoms with Crippen LogP contribution in [-0.4, -0.2) is 29.7 Å². The molecule has 7 heteroatoms. The summed E-state index contributed by atoms with van der Waals surface area (Å²) >= 11 is 0. The first-order chi connectivity index (χ1) is 14.4. The van der Waals surface area contributed by atoms with Crippen molar-refractivity contribution in [3.05, 3.63) is 71.7 Å². The van der Waals surface area contributed by atoms with Crippen LogP contribution in [0.3, 0.4) is 0 Å². The van der Waals surface area contributed by atoms with Gasteiger partial charge in [-0.1, -0.05) is 12.1 Å². The molecule has 4 heterocycles. The Morgan fingerprint density at radius 3 is 2.67 bits per heavy atom. The van der Waals surface area contributed by atoms with Gasteiger partial charge >= 0.3 is 0 Å². The fourth-order valence-electron chi connectivity index (χ4n) is 3.89. The number of hydrogen-bond acceptors (Lipinski definition) is 7. The van der Waals surface area contributed by atoms with Crippen LogP contribution in [0.4, 0.5) is 0 Å². The van der Waals surface area contributed by atoms with Crippen LogP contribution in [0.25, 0.3) is 11.1 Å². The van der Waals surface area contributed by atoms with Crippen molar-refractivity contribution in [1.82, 2.24) is 9.97 Å². The zero-order chi connectivity index (χ0) is 20.9. The molecule has 7 nitrogen and oxygen atoms in total. The number of benzene rings is 1. The number of ether oxygens (including phenoxy) is 3. The summed E-state index contributed by atoms with van der Waals surface area (Å²) in [6.45, 7) is 4.26. The van der Waals surface area contributed by atoms with Crippen molar-refractivity contribution in [3.8, 4) is 22.8 Å². The normalized spacial score (nSPS) is 19.5. The number of aliphatic imine (C=N–C) groups is 1. The maximum atomic E-state index is 6.16. The molecule has 5 rings (SSSR count). The number of nitrogens with zero attached hydrogens (tertiary/aromatic N) is 3. The van der Waals surface area contributed by atoms with Crippen molar-refractivity contribution in [2.45, 2.75) is 25.0 Å². The molecule has 1 spiro atoms. The van der Waals surface area contributed by atoms with Gasteiger partial charge < -0.3 is 19.9 Å². The SMILES string of the molecule is COC(C)(C)c1cnc2c(c1)[C@]1(COC(N)=N1)c1cc(-c3cccnc3)ccc1O2. The Morgan fingerprint density at radius 2 is 1.97 bits per heavy atom. The molecule has 0 amide bonds. The molecular weight excluding hydrogens is 380 g/mol. The summed E-state index contributed by atoms with van der Waals surface area (Å²) in [6.07, 6.45) is 5.35. The largest absolute Gasteiger partial charge is 0.462 e. The van der Waals surface area contributed by atoms with E-state index in [0.717, 1.165) is 27.8 Å². The minimum atomic E-state index is -0.835. The Bertz CT molecular complexity index is 1160. The van der Waals surface area contributed by atoms with Gasteiger partial charge in [0.15, 0.2) is 5.54 Å². The third kappa shape index (κ3) is 2.74. The predicted octanol–water partition coefficient (Wildman–Crippen LogP) is 3.72. The third-order valence-corrected chi connectivity index (χ3v) is 5.86. The van der Waals surface area contributed by atoms with Gasteiger partial charge in [0.1, 0.15) is 12.4 Å². The lowest BCUT2D eigenvalue weighted by Gasteiger charge is -2.34. The zero-order valence-corrected chi connectivity index (χ0v) is 17.0. The van der Waals surface area contributed by atoms with Crippen LogP contribution < -0.4 is 10.5 Å². The second-order valence-electron chi connectivity index (χ2n) is 7.94. The molecule has 2 N–H and O–H groups in total. The molecule has 0 saturated heterocycles. The molecule has 30 heavy (non-hydrogen) atoms. The Kier molecular flexibility index (Phi) is 4.04. The number of hydrogen-bond donors (Lipinski definition) is 1. The highest BCUT2D eigenvalue weighted by molar-refractivity contribution is 5.77. The summed E-state index contributed by atoms with van der Waals surface area (Å²) in [4.78, 5) is 13.6. The molecule has 152 valence electrons. The number of aromatic nitrogens is 2. The highest BCUT2D eigenvalue weighted by Crippen LogP contribution is 2.51. The lowest BCUT2D eigenvalue weighted by atomic mass is 9.80. The number of rotatable bonds is 3. The lowest BCUT2D eigenvalue weighted by molar-refractivity contribution is 0.0187. The van der Waals surface area contributed by atoms with E-state index in [4.69, 9.17) is 24.9 Å². The minimum absolute atomic E-state index is 0.150. The van der Waals surface area contributed by atoms with E-state index >= 15 is 0 Å². The first kappa shape index (κ1) is 18.6. The Hall–Kier alpha value is -3.45. The van der Waals surface area contributed by atoms with Crippen molar-refractivity contribution >= 4 is 6.02 Å². The predicted molar refractivity (Wildman–Crippen MR) is 112 cm³/mol. The van der Waals surface area contributed by atoms with Crippen LogP contribution in [0.5, 0.6) is 11.6 Å². The Balaban J connectivity index is 1.73. The first-order valence-corrected chi connectivity index (χ1v) is 9.70. The number of nitrogens with two attached hydrogens (primary N) is 1. The van der Waals surface area contributed by atoms with Crippen LogP contribution in [0.15, 0.2) is 60.0 Å². The highest BCUT2D eigenvalue weighted by atomic mass is 16.5. The Labute approximate surface area is 174 Å². The van der Waals surface area contributed by atoms with E-state index < -0.39 is 11.1 Å². The monoisotopic (exact) mass is 402 g/mol. The van der Waals surface area contributed by atoms with E-state index in [1.54, 1.807) is 19.5 Å². The van der Waals surface area contributed by atoms with Crippen molar-refractivity contribution in [3.63, 3.8) is 0 Å². The van der Waals surface area contributed by atoms with Crippen LogP contribution in [0.2, 0.25) is 0 Å². The fraction of sp³-hybridized carbons (Fsp3) is 0.261. The average Bonchev–Trinajstić information content (AvgIpc) is 3.16. The van der Waals surface area contributed by atoms with Gasteiger partial charge in [-0.3, -0.25) is 4.98 Å². The quantitative estimate of drug-likeness (QED) is 0.718. The molecule has 0 unspecified atom stereocenters. The second kappa shape index (κ2) is 6.53. The van der Waals surface area contributed by atoms with Crippen LogP contribution >= 0.6 is 0 Å². The molecule has 2 aliphatic rings. The smallest absolute Gasteiger partial charge is 0.283 e. The van der Waals surface area contributed by atoms with Gasteiger partial charge in [0.05, 0.1) is 11.2 Å². The molecule has 3 aromatic rings. The second-order valence-corrected chi connectivity index (χ2v) is 7.94. The van der Waals surface area contributed by atoms with Crippen molar-refractivity contribution in [1.29, 1.82) is 0 Å². The van der Waals surface area contributed by atoms with Gasteiger partial charge in [-0.2, -0.15) is 0 Å². The molecule has 0 aliphatic carbocycles. The number of methoxy groups -OCH3 is 1. The molecule has 0 bridgehead atoms. The molecule has 1 aromatic carbocycles. The average molecular weight is 402 g/mol. The van der Waals surface area contributed by atoms with Gasteiger partial charge in [-0.15, -0.1) is 0 Å². The maximum absolute atomic E-state index is 6.16. The molecule has 0 fully saturated rings. The van der Waals surface area contributed by atoms with Crippen molar-refractivity contribution in [2.75, 3.05) is 13.7 Å². The molecule has 0 radical (unpaired) electrons. The number of amidine groups is 1. The molecule has 0 saturated carbocycles. The molecule has 2 aromatic heterocycles. The zero-order valence-electron chi connectivity index (χ0n) is 17.0. The summed E-state index contributed by atoms with van der Waals surface area (Å²) in [5.41, 5.74) is 9.25. The van der Waals surface area contributed by atoms with E-state index in [1.807, 2.05) is 50.4 Å². The van der Waals surface area contributed by atoms with E-state index in [0.29, 0.717) is 11.6 Å². The molecule has 2 aliphatic heterocycles. The topological polar surface area (TPSA) is 91.9 Å². The van der Waals surface area contributed by atoms with Gasteiger partial charge in [0.25, 0.3) is 6.02 Å². The van der Waals surface area contributed by atoms with E-state index in [1.165, 1.54) is 0 Å². The standard InChI is InChI=1S/C23H22N4O3/c1-22(2,28-3)16-10-18-20(26-12-16)30-19-7-6-14(15-5-4-8-25-11-15)9-17(19)23(18)13-29-21(24)27-23/h4-12H,13H2,1-3H3,(H2,24,27)/t23-/m0/s1. The Morgan fingerprint density at radius 1 is 1.10 bits per heavy atom. The van der Waals surface area contributed by atoms with E-state index in [-0.39, 0.29) is 12.6 Å². The van der Waals surface area contributed by atoms with Crippen molar-refractivity contribution < 1.29 is 14.2 Å².